The summed E-state index contributed by atoms with van der Waals surface area (Å²) < 4.78 is 48.7. The summed E-state index contributed by atoms with van der Waals surface area (Å²) in [6, 6.07) is 6.42. The van der Waals surface area contributed by atoms with Gasteiger partial charge in [-0.2, -0.15) is 5.10 Å². The van der Waals surface area contributed by atoms with E-state index in [0.29, 0.717) is 0 Å². The summed E-state index contributed by atoms with van der Waals surface area (Å²) in [4.78, 5) is 0.0301. The average Bonchev–Trinajstić information content (AvgIpc) is 2.80. The lowest BCUT2D eigenvalue weighted by Gasteiger charge is -2.06. The number of H-pyrrole nitrogens is 1. The Kier molecular flexibility index (Phi) is 3.33. The Morgan fingerprint density at radius 3 is 2.05 bits per heavy atom. The summed E-state index contributed by atoms with van der Waals surface area (Å²) in [5, 5.41) is 6.08. The molecule has 1 aromatic carbocycles. The predicted octanol–water partition coefficient (Wildman–Crippen LogP) is 0.614. The summed E-state index contributed by atoms with van der Waals surface area (Å²) in [6.07, 6.45) is 2.46. The second-order valence-corrected chi connectivity index (χ2v) is 7.52. The molecule has 0 radical (unpaired) electrons. The molecule has 0 aliphatic heterocycles. The average molecular weight is 301 g/mol. The van der Waals surface area contributed by atoms with Gasteiger partial charge in [0.1, 0.15) is 5.82 Å². The standard InChI is InChI=1S/C10H11N3O4S2/c1-18(14,15)8-2-4-9(5-3-8)19(16,17)13-10-6-7-11-12-10/h2-7H,1H3,(H2,11,12,13). The van der Waals surface area contributed by atoms with Crippen LogP contribution in [0.4, 0.5) is 5.82 Å². The van der Waals surface area contributed by atoms with Gasteiger partial charge < -0.3 is 0 Å². The van der Waals surface area contributed by atoms with Gasteiger partial charge in [-0.25, -0.2) is 16.8 Å². The van der Waals surface area contributed by atoms with Crippen molar-refractivity contribution in [3.63, 3.8) is 0 Å². The van der Waals surface area contributed by atoms with E-state index < -0.39 is 19.9 Å². The maximum atomic E-state index is 12.0. The van der Waals surface area contributed by atoms with E-state index in [-0.39, 0.29) is 15.6 Å². The molecule has 0 amide bonds. The molecule has 102 valence electrons. The number of aromatic nitrogens is 2. The van der Waals surface area contributed by atoms with E-state index in [1.54, 1.807) is 0 Å². The van der Waals surface area contributed by atoms with Gasteiger partial charge in [-0.3, -0.25) is 9.82 Å². The van der Waals surface area contributed by atoms with E-state index >= 15 is 0 Å². The number of hydrogen-bond acceptors (Lipinski definition) is 5. The molecule has 0 saturated heterocycles. The molecular weight excluding hydrogens is 290 g/mol. The number of nitrogens with one attached hydrogen (secondary N) is 2. The minimum absolute atomic E-state index is 0.0329. The predicted molar refractivity (Wildman–Crippen MR) is 68.9 cm³/mol. The summed E-state index contributed by atoms with van der Waals surface area (Å²) in [5.74, 6) is 0.229. The van der Waals surface area contributed by atoms with E-state index in [4.69, 9.17) is 0 Å². The first kappa shape index (κ1) is 13.6. The van der Waals surface area contributed by atoms with E-state index in [2.05, 4.69) is 14.9 Å². The van der Waals surface area contributed by atoms with Gasteiger partial charge in [0, 0.05) is 12.3 Å². The molecule has 0 spiro atoms. The van der Waals surface area contributed by atoms with Crippen LogP contribution < -0.4 is 4.72 Å². The molecule has 0 unspecified atom stereocenters. The van der Waals surface area contributed by atoms with Crippen molar-refractivity contribution in [3.05, 3.63) is 36.5 Å². The molecular formula is C10H11N3O4S2. The largest absolute Gasteiger partial charge is 0.264 e. The first-order valence-electron chi connectivity index (χ1n) is 5.11. The van der Waals surface area contributed by atoms with Crippen molar-refractivity contribution < 1.29 is 16.8 Å². The van der Waals surface area contributed by atoms with Crippen LogP contribution in [0.15, 0.2) is 46.3 Å². The van der Waals surface area contributed by atoms with Gasteiger partial charge in [0.15, 0.2) is 9.84 Å². The Morgan fingerprint density at radius 2 is 1.58 bits per heavy atom. The first-order chi connectivity index (χ1) is 8.79. The Balaban J connectivity index is 2.32. The quantitative estimate of drug-likeness (QED) is 0.860. The van der Waals surface area contributed by atoms with E-state index in [0.717, 1.165) is 6.26 Å². The van der Waals surface area contributed by atoms with Gasteiger partial charge in [-0.15, -0.1) is 0 Å². The molecule has 2 N–H and O–H groups in total. The highest BCUT2D eigenvalue weighted by atomic mass is 32.2. The molecule has 0 aliphatic rings. The van der Waals surface area contributed by atoms with E-state index in [1.165, 1.54) is 36.5 Å². The van der Waals surface area contributed by atoms with Crippen LogP contribution in [0, 0.1) is 0 Å². The molecule has 0 fully saturated rings. The van der Waals surface area contributed by atoms with Crippen molar-refractivity contribution in [1.29, 1.82) is 0 Å². The zero-order valence-corrected chi connectivity index (χ0v) is 11.5. The van der Waals surface area contributed by atoms with Gasteiger partial charge in [0.2, 0.25) is 0 Å². The highest BCUT2D eigenvalue weighted by Crippen LogP contribution is 2.16. The minimum Gasteiger partial charge on any atom is -0.264 e. The fourth-order valence-corrected chi connectivity index (χ4v) is 3.03. The monoisotopic (exact) mass is 301 g/mol. The third-order valence-electron chi connectivity index (χ3n) is 2.31. The molecule has 2 aromatic rings. The Bertz CT molecular complexity index is 763. The molecule has 1 heterocycles. The Hall–Kier alpha value is -1.87. The molecule has 0 saturated carbocycles. The third-order valence-corrected chi connectivity index (χ3v) is 4.82. The fourth-order valence-electron chi connectivity index (χ4n) is 1.38. The molecule has 0 atom stereocenters. The van der Waals surface area contributed by atoms with Crippen LogP contribution in [-0.2, 0) is 19.9 Å². The molecule has 2 rings (SSSR count). The molecule has 1 aromatic heterocycles. The van der Waals surface area contributed by atoms with Crippen molar-refractivity contribution in [2.24, 2.45) is 0 Å². The van der Waals surface area contributed by atoms with Crippen molar-refractivity contribution >= 4 is 25.7 Å². The number of hydrogen-bond donors (Lipinski definition) is 2. The minimum atomic E-state index is -3.76. The number of sulfone groups is 1. The SMILES string of the molecule is CS(=O)(=O)c1ccc(S(=O)(=O)Nc2ccn[nH]2)cc1. The maximum Gasteiger partial charge on any atom is 0.263 e. The third kappa shape index (κ3) is 3.12. The van der Waals surface area contributed by atoms with Gasteiger partial charge in [-0.05, 0) is 24.3 Å². The molecule has 7 nitrogen and oxygen atoms in total. The maximum absolute atomic E-state index is 12.0. The number of sulfonamides is 1. The number of anilines is 1. The molecule has 0 aliphatic carbocycles. The number of nitrogens with zero attached hydrogens (tertiary/aromatic N) is 1. The summed E-state index contributed by atoms with van der Waals surface area (Å²) >= 11 is 0. The molecule has 9 heteroatoms. The van der Waals surface area contributed by atoms with Crippen LogP contribution in [0.2, 0.25) is 0 Å². The van der Waals surface area contributed by atoms with E-state index in [1.807, 2.05) is 0 Å². The second kappa shape index (κ2) is 4.67. The molecule has 19 heavy (non-hydrogen) atoms. The van der Waals surface area contributed by atoms with Crippen LogP contribution in [0.1, 0.15) is 0 Å². The van der Waals surface area contributed by atoms with Crippen molar-refractivity contribution in [1.82, 2.24) is 10.2 Å². The van der Waals surface area contributed by atoms with Gasteiger partial charge >= 0.3 is 0 Å². The Morgan fingerprint density at radius 1 is 1.00 bits per heavy atom. The zero-order valence-electron chi connectivity index (χ0n) is 9.86. The highest BCUT2D eigenvalue weighted by molar-refractivity contribution is 7.92. The number of benzene rings is 1. The summed E-state index contributed by atoms with van der Waals surface area (Å²) in [5.41, 5.74) is 0. The molecule has 0 bridgehead atoms. The Labute approximate surface area is 110 Å². The second-order valence-electron chi connectivity index (χ2n) is 3.82. The number of rotatable bonds is 4. The van der Waals surface area contributed by atoms with Crippen LogP contribution in [0.3, 0.4) is 0 Å². The van der Waals surface area contributed by atoms with Crippen molar-refractivity contribution in [3.8, 4) is 0 Å². The van der Waals surface area contributed by atoms with Crippen LogP contribution in [0.5, 0.6) is 0 Å². The van der Waals surface area contributed by atoms with Gasteiger partial charge in [-0.1, -0.05) is 0 Å². The van der Waals surface area contributed by atoms with Crippen LogP contribution in [-0.4, -0.2) is 33.3 Å². The lowest BCUT2D eigenvalue weighted by molar-refractivity contribution is 0.597. The lowest BCUT2D eigenvalue weighted by Crippen LogP contribution is -2.13. The highest BCUT2D eigenvalue weighted by Gasteiger charge is 2.16. The van der Waals surface area contributed by atoms with Crippen molar-refractivity contribution in [2.45, 2.75) is 9.79 Å². The number of aromatic amines is 1. The van der Waals surface area contributed by atoms with Gasteiger partial charge in [0.05, 0.1) is 16.0 Å². The van der Waals surface area contributed by atoms with E-state index in [9.17, 15) is 16.8 Å². The topological polar surface area (TPSA) is 109 Å². The summed E-state index contributed by atoms with van der Waals surface area (Å²) in [7, 11) is -7.11. The summed E-state index contributed by atoms with van der Waals surface area (Å²) in [6.45, 7) is 0. The van der Waals surface area contributed by atoms with Crippen LogP contribution in [0.25, 0.3) is 0 Å². The normalized spacial score (nSPS) is 12.3. The fraction of sp³-hybridized carbons (Fsp3) is 0.100. The van der Waals surface area contributed by atoms with Crippen LogP contribution >= 0.6 is 0 Å². The first-order valence-corrected chi connectivity index (χ1v) is 8.49. The smallest absolute Gasteiger partial charge is 0.263 e. The van der Waals surface area contributed by atoms with Gasteiger partial charge in [0.25, 0.3) is 10.0 Å². The zero-order chi connectivity index (χ0) is 14.1. The lowest BCUT2D eigenvalue weighted by atomic mass is 10.4. The van der Waals surface area contributed by atoms with Crippen molar-refractivity contribution in [2.75, 3.05) is 11.0 Å².